The normalized spacial score (nSPS) is 16.8. The molecule has 1 aliphatic rings. The molecule has 4 rings (SSSR count). The Morgan fingerprint density at radius 1 is 1.18 bits per heavy atom. The van der Waals surface area contributed by atoms with E-state index >= 15 is 0 Å². The summed E-state index contributed by atoms with van der Waals surface area (Å²) in [5.74, 6) is 0.0747. The van der Waals surface area contributed by atoms with Crippen LogP contribution in [-0.2, 0) is 4.79 Å². The molecule has 1 saturated heterocycles. The van der Waals surface area contributed by atoms with Crippen LogP contribution in [0, 0.1) is 5.82 Å². The Hall–Kier alpha value is -3.22. The van der Waals surface area contributed by atoms with Gasteiger partial charge in [0, 0.05) is 24.8 Å². The number of likely N-dealkylation sites (tertiary alicyclic amines) is 1. The Morgan fingerprint density at radius 3 is 2.86 bits per heavy atom. The minimum absolute atomic E-state index is 0.0652. The summed E-state index contributed by atoms with van der Waals surface area (Å²) in [5, 5.41) is 4.15. The molecule has 1 aromatic heterocycles. The van der Waals surface area contributed by atoms with Crippen molar-refractivity contribution in [2.75, 3.05) is 25.0 Å². The number of benzene rings is 2. The van der Waals surface area contributed by atoms with Crippen LogP contribution >= 0.6 is 0 Å². The Kier molecular flexibility index (Phi) is 5.32. The van der Waals surface area contributed by atoms with Crippen molar-refractivity contribution in [2.45, 2.75) is 18.9 Å². The zero-order valence-electron chi connectivity index (χ0n) is 15.3. The molecule has 2 heterocycles. The number of halogens is 1. The lowest BCUT2D eigenvalue weighted by Crippen LogP contribution is -2.46. The fraction of sp³-hybridized carbons (Fsp3) is 0.286. The maximum absolute atomic E-state index is 13.1. The van der Waals surface area contributed by atoms with Crippen LogP contribution in [0.2, 0.25) is 0 Å². The number of anilines is 1. The summed E-state index contributed by atoms with van der Waals surface area (Å²) in [6.45, 7) is 1.22. The zero-order valence-corrected chi connectivity index (χ0v) is 15.3. The minimum atomic E-state index is -0.264. The third-order valence-corrected chi connectivity index (χ3v) is 4.83. The van der Waals surface area contributed by atoms with E-state index in [1.54, 1.807) is 17.0 Å². The third kappa shape index (κ3) is 4.19. The second-order valence-corrected chi connectivity index (χ2v) is 6.81. The van der Waals surface area contributed by atoms with Gasteiger partial charge in [0.05, 0.1) is 10.9 Å². The molecule has 1 amide bonds. The predicted octanol–water partition coefficient (Wildman–Crippen LogP) is 3.25. The van der Waals surface area contributed by atoms with Crippen molar-refractivity contribution in [1.82, 2.24) is 14.9 Å². The largest absolute Gasteiger partial charge is 0.467 e. The second-order valence-electron chi connectivity index (χ2n) is 6.81. The number of carbonyl (C=O) groups excluding carboxylic acids is 1. The van der Waals surface area contributed by atoms with Gasteiger partial charge < -0.3 is 15.0 Å². The molecule has 1 fully saturated rings. The Labute approximate surface area is 162 Å². The number of aromatic nitrogens is 2. The highest BCUT2D eigenvalue weighted by molar-refractivity contribution is 5.84. The van der Waals surface area contributed by atoms with E-state index in [0.29, 0.717) is 19.0 Å². The summed E-state index contributed by atoms with van der Waals surface area (Å²) in [6.07, 6.45) is 3.30. The molecule has 0 saturated carbocycles. The number of hydrogen-bond donors (Lipinski definition) is 1. The summed E-state index contributed by atoms with van der Waals surface area (Å²) in [7, 11) is 0. The van der Waals surface area contributed by atoms with Gasteiger partial charge in [-0.1, -0.05) is 12.1 Å². The van der Waals surface area contributed by atoms with Crippen molar-refractivity contribution in [3.05, 3.63) is 60.7 Å². The van der Waals surface area contributed by atoms with Gasteiger partial charge >= 0.3 is 0 Å². The monoisotopic (exact) mass is 380 g/mol. The number of hydrogen-bond acceptors (Lipinski definition) is 5. The van der Waals surface area contributed by atoms with Crippen LogP contribution in [0.25, 0.3) is 10.9 Å². The number of rotatable bonds is 5. The van der Waals surface area contributed by atoms with Gasteiger partial charge in [0.1, 0.15) is 12.1 Å². The molecule has 144 valence electrons. The number of piperidine rings is 1. The number of amides is 1. The lowest BCUT2D eigenvalue weighted by molar-refractivity contribution is -0.134. The highest BCUT2D eigenvalue weighted by atomic mass is 19.1. The molecule has 1 aliphatic heterocycles. The number of nitrogens with one attached hydrogen (secondary N) is 1. The van der Waals surface area contributed by atoms with Crippen molar-refractivity contribution in [2.24, 2.45) is 0 Å². The number of para-hydroxylation sites is 1. The second kappa shape index (κ2) is 8.21. The van der Waals surface area contributed by atoms with Gasteiger partial charge in [-0.25, -0.2) is 14.4 Å². The summed E-state index contributed by atoms with van der Waals surface area (Å²) >= 11 is 0. The van der Waals surface area contributed by atoms with Crippen molar-refractivity contribution in [1.29, 1.82) is 0 Å². The van der Waals surface area contributed by atoms with E-state index in [1.165, 1.54) is 18.5 Å². The lowest BCUT2D eigenvalue weighted by Gasteiger charge is -2.33. The molecular weight excluding hydrogens is 359 g/mol. The van der Waals surface area contributed by atoms with Crippen molar-refractivity contribution < 1.29 is 13.9 Å². The van der Waals surface area contributed by atoms with Gasteiger partial charge in [0.2, 0.25) is 5.88 Å². The topological polar surface area (TPSA) is 67.3 Å². The maximum Gasteiger partial charge on any atom is 0.260 e. The molecule has 7 heteroatoms. The Morgan fingerprint density at radius 2 is 2.00 bits per heavy atom. The van der Waals surface area contributed by atoms with Gasteiger partial charge in [-0.15, -0.1) is 0 Å². The summed E-state index contributed by atoms with van der Waals surface area (Å²) in [4.78, 5) is 22.8. The number of fused-ring (bicyclic) bond motifs is 1. The maximum atomic E-state index is 13.1. The van der Waals surface area contributed by atoms with Gasteiger partial charge in [-0.05, 0) is 49.2 Å². The fourth-order valence-electron chi connectivity index (χ4n) is 3.42. The van der Waals surface area contributed by atoms with E-state index in [0.717, 1.165) is 29.4 Å². The summed E-state index contributed by atoms with van der Waals surface area (Å²) in [5.41, 5.74) is 1.63. The molecule has 1 atom stereocenters. The SMILES string of the molecule is O=C(COc1ncnc2ccccc12)N1CCC[C@H](Nc2ccc(F)cc2)C1. The summed E-state index contributed by atoms with van der Waals surface area (Å²) < 4.78 is 18.7. The molecule has 0 bridgehead atoms. The van der Waals surface area contributed by atoms with Gasteiger partial charge in [0.15, 0.2) is 6.61 Å². The Bertz CT molecular complexity index is 959. The van der Waals surface area contributed by atoms with Gasteiger partial charge in [0.25, 0.3) is 5.91 Å². The fourth-order valence-corrected chi connectivity index (χ4v) is 3.42. The van der Waals surface area contributed by atoms with Crippen LogP contribution in [0.15, 0.2) is 54.9 Å². The van der Waals surface area contributed by atoms with Crippen LogP contribution < -0.4 is 10.1 Å². The number of nitrogens with zero attached hydrogens (tertiary/aromatic N) is 3. The quantitative estimate of drug-likeness (QED) is 0.736. The molecule has 6 nitrogen and oxygen atoms in total. The number of ether oxygens (including phenoxy) is 1. The molecule has 2 aromatic carbocycles. The standard InChI is InChI=1S/C21H21FN4O2/c22-15-7-9-16(10-8-15)25-17-4-3-11-26(12-17)20(27)13-28-21-18-5-1-2-6-19(18)23-14-24-21/h1-2,5-10,14,17,25H,3-4,11-13H2/t17-/m0/s1. The molecular formula is C21H21FN4O2. The molecule has 0 aliphatic carbocycles. The van der Waals surface area contributed by atoms with E-state index in [4.69, 9.17) is 4.74 Å². The molecule has 3 aromatic rings. The van der Waals surface area contributed by atoms with Crippen LogP contribution in [0.1, 0.15) is 12.8 Å². The molecule has 0 radical (unpaired) electrons. The van der Waals surface area contributed by atoms with Crippen LogP contribution in [0.3, 0.4) is 0 Å². The van der Waals surface area contributed by atoms with E-state index in [1.807, 2.05) is 24.3 Å². The summed E-state index contributed by atoms with van der Waals surface area (Å²) in [6, 6.07) is 13.9. The van der Waals surface area contributed by atoms with Crippen molar-refractivity contribution >= 4 is 22.5 Å². The van der Waals surface area contributed by atoms with Crippen LogP contribution in [-0.4, -0.2) is 46.5 Å². The molecule has 0 spiro atoms. The Balaban J connectivity index is 1.35. The van der Waals surface area contributed by atoms with Crippen LogP contribution in [0.5, 0.6) is 5.88 Å². The first-order valence-electron chi connectivity index (χ1n) is 9.31. The first-order chi connectivity index (χ1) is 13.7. The molecule has 1 N–H and O–H groups in total. The van der Waals surface area contributed by atoms with E-state index in [2.05, 4.69) is 15.3 Å². The number of carbonyl (C=O) groups is 1. The zero-order chi connectivity index (χ0) is 19.3. The van der Waals surface area contributed by atoms with E-state index in [9.17, 15) is 9.18 Å². The average molecular weight is 380 g/mol. The van der Waals surface area contributed by atoms with Crippen molar-refractivity contribution in [3.8, 4) is 5.88 Å². The highest BCUT2D eigenvalue weighted by Crippen LogP contribution is 2.21. The highest BCUT2D eigenvalue weighted by Gasteiger charge is 2.24. The molecule has 0 unspecified atom stereocenters. The van der Waals surface area contributed by atoms with E-state index in [-0.39, 0.29) is 24.4 Å². The van der Waals surface area contributed by atoms with Crippen LogP contribution in [0.4, 0.5) is 10.1 Å². The predicted molar refractivity (Wildman–Crippen MR) is 105 cm³/mol. The molecule has 28 heavy (non-hydrogen) atoms. The average Bonchev–Trinajstić information content (AvgIpc) is 2.74. The minimum Gasteiger partial charge on any atom is -0.467 e. The van der Waals surface area contributed by atoms with Gasteiger partial charge in [-0.3, -0.25) is 4.79 Å². The first-order valence-corrected chi connectivity index (χ1v) is 9.31. The smallest absolute Gasteiger partial charge is 0.260 e. The van der Waals surface area contributed by atoms with Crippen molar-refractivity contribution in [3.63, 3.8) is 0 Å². The third-order valence-electron chi connectivity index (χ3n) is 4.83. The van der Waals surface area contributed by atoms with Gasteiger partial charge in [-0.2, -0.15) is 0 Å². The first kappa shape index (κ1) is 18.2. The van der Waals surface area contributed by atoms with E-state index < -0.39 is 0 Å². The lowest BCUT2D eigenvalue weighted by atomic mass is 10.1.